The summed E-state index contributed by atoms with van der Waals surface area (Å²) in [7, 11) is 0. The quantitative estimate of drug-likeness (QED) is 0.713. The van der Waals surface area contributed by atoms with Crippen LogP contribution in [0.3, 0.4) is 0 Å². The molecular weight excluding hydrogens is 300 g/mol. The van der Waals surface area contributed by atoms with Crippen LogP contribution in [0, 0.1) is 29.1 Å². The smallest absolute Gasteiger partial charge is 0.302 e. The molecule has 0 aliphatic heterocycles. The molecule has 2 fully saturated rings. The van der Waals surface area contributed by atoms with E-state index >= 15 is 0 Å². The number of ether oxygens (including phenoxy) is 1. The van der Waals surface area contributed by atoms with Gasteiger partial charge in [-0.15, -0.1) is 0 Å². The van der Waals surface area contributed by atoms with Crippen LogP contribution in [0.2, 0.25) is 0 Å². The fourth-order valence-corrected chi connectivity index (χ4v) is 6.47. The first kappa shape index (κ1) is 16.1. The first-order valence-corrected chi connectivity index (χ1v) is 9.65. The third-order valence-electron chi connectivity index (χ3n) is 7.47. The molecule has 3 nitrogen and oxygen atoms in total. The number of ketones is 1. The summed E-state index contributed by atoms with van der Waals surface area (Å²) in [5.74, 6) is 2.62. The molecule has 0 aromatic carbocycles. The molecule has 0 aromatic rings. The Labute approximate surface area is 144 Å². The minimum absolute atomic E-state index is 0.101. The lowest BCUT2D eigenvalue weighted by molar-refractivity contribution is -0.156. The van der Waals surface area contributed by atoms with E-state index in [0.29, 0.717) is 35.9 Å². The van der Waals surface area contributed by atoms with Crippen LogP contribution in [-0.4, -0.2) is 17.9 Å². The maximum absolute atomic E-state index is 11.7. The molecule has 130 valence electrons. The van der Waals surface area contributed by atoms with E-state index in [-0.39, 0.29) is 17.5 Å². The average Bonchev–Trinajstić information content (AvgIpc) is 2.92. The van der Waals surface area contributed by atoms with Gasteiger partial charge in [-0.2, -0.15) is 0 Å². The van der Waals surface area contributed by atoms with Crippen LogP contribution in [0.15, 0.2) is 23.8 Å². The van der Waals surface area contributed by atoms with Crippen LogP contribution in [0.25, 0.3) is 0 Å². The number of carbonyl (C=O) groups is 2. The Morgan fingerprint density at radius 3 is 2.88 bits per heavy atom. The molecule has 0 radical (unpaired) electrons. The molecule has 0 N–H and O–H groups in total. The van der Waals surface area contributed by atoms with E-state index in [1.54, 1.807) is 6.92 Å². The van der Waals surface area contributed by atoms with E-state index in [4.69, 9.17) is 4.74 Å². The SMILES string of the molecule is CC[C@]12CC[C@H]3[C@@H](C=CC4=CC(=O)CC[C@@H]43)[C@@H]1CC[C@@H]2OC(C)=O. The summed E-state index contributed by atoms with van der Waals surface area (Å²) in [6, 6.07) is 0. The van der Waals surface area contributed by atoms with Crippen LogP contribution < -0.4 is 0 Å². The second kappa shape index (κ2) is 5.86. The van der Waals surface area contributed by atoms with Crippen molar-refractivity contribution in [2.75, 3.05) is 0 Å². The number of hydrogen-bond donors (Lipinski definition) is 0. The molecule has 6 atom stereocenters. The lowest BCUT2D eigenvalue weighted by Crippen LogP contribution is -2.48. The first-order chi connectivity index (χ1) is 11.5. The molecule has 0 amide bonds. The Balaban J connectivity index is 1.65. The highest BCUT2D eigenvalue weighted by molar-refractivity contribution is 5.91. The van der Waals surface area contributed by atoms with Crippen molar-refractivity contribution >= 4 is 11.8 Å². The fraction of sp³-hybridized carbons (Fsp3) is 0.714. The third-order valence-corrected chi connectivity index (χ3v) is 7.47. The Hall–Kier alpha value is -1.38. The average molecular weight is 328 g/mol. The molecule has 4 rings (SSSR count). The summed E-state index contributed by atoms with van der Waals surface area (Å²) in [4.78, 5) is 23.3. The summed E-state index contributed by atoms with van der Waals surface area (Å²) >= 11 is 0. The van der Waals surface area contributed by atoms with Gasteiger partial charge >= 0.3 is 5.97 Å². The molecule has 0 bridgehead atoms. The molecule has 0 heterocycles. The van der Waals surface area contributed by atoms with Crippen molar-refractivity contribution in [2.45, 2.75) is 64.9 Å². The molecular formula is C21H28O3. The van der Waals surface area contributed by atoms with E-state index < -0.39 is 0 Å². The monoisotopic (exact) mass is 328 g/mol. The van der Waals surface area contributed by atoms with Gasteiger partial charge in [-0.25, -0.2) is 0 Å². The summed E-state index contributed by atoms with van der Waals surface area (Å²) in [5.41, 5.74) is 1.44. The van der Waals surface area contributed by atoms with Crippen molar-refractivity contribution in [3.63, 3.8) is 0 Å². The van der Waals surface area contributed by atoms with Crippen LogP contribution in [-0.2, 0) is 14.3 Å². The number of carbonyl (C=O) groups excluding carboxylic acids is 2. The molecule has 0 aromatic heterocycles. The molecule has 4 aliphatic rings. The van der Waals surface area contributed by atoms with E-state index in [0.717, 1.165) is 19.3 Å². The van der Waals surface area contributed by atoms with Crippen molar-refractivity contribution in [3.8, 4) is 0 Å². The van der Waals surface area contributed by atoms with Gasteiger partial charge in [0, 0.05) is 18.8 Å². The molecule has 0 spiro atoms. The van der Waals surface area contributed by atoms with Crippen LogP contribution in [0.5, 0.6) is 0 Å². The second-order valence-electron chi connectivity index (χ2n) is 8.26. The lowest BCUT2D eigenvalue weighted by Gasteiger charge is -2.52. The Kier molecular flexibility index (Phi) is 3.93. The fourth-order valence-electron chi connectivity index (χ4n) is 6.47. The highest BCUT2D eigenvalue weighted by Gasteiger charge is 2.58. The summed E-state index contributed by atoms with van der Waals surface area (Å²) < 4.78 is 5.76. The van der Waals surface area contributed by atoms with Crippen molar-refractivity contribution in [2.24, 2.45) is 29.1 Å². The van der Waals surface area contributed by atoms with Crippen LogP contribution in [0.1, 0.15) is 58.8 Å². The van der Waals surface area contributed by atoms with E-state index in [9.17, 15) is 9.59 Å². The van der Waals surface area contributed by atoms with Crippen molar-refractivity contribution < 1.29 is 14.3 Å². The maximum Gasteiger partial charge on any atom is 0.302 e. The molecule has 0 unspecified atom stereocenters. The first-order valence-electron chi connectivity index (χ1n) is 9.65. The van der Waals surface area contributed by atoms with Crippen molar-refractivity contribution in [1.82, 2.24) is 0 Å². The zero-order valence-corrected chi connectivity index (χ0v) is 14.8. The van der Waals surface area contributed by atoms with Gasteiger partial charge in [-0.1, -0.05) is 19.1 Å². The molecule has 0 saturated heterocycles. The van der Waals surface area contributed by atoms with Gasteiger partial charge in [0.1, 0.15) is 6.10 Å². The normalized spacial score (nSPS) is 43.5. The van der Waals surface area contributed by atoms with E-state index in [1.807, 2.05) is 6.08 Å². The van der Waals surface area contributed by atoms with Crippen molar-refractivity contribution in [1.29, 1.82) is 0 Å². The van der Waals surface area contributed by atoms with Crippen molar-refractivity contribution in [3.05, 3.63) is 23.8 Å². The standard InChI is InChI=1S/C21H28O3/c1-3-21-11-10-17-16-7-5-15(23)12-14(16)4-6-18(17)19(21)8-9-20(21)24-13(2)22/h4,6,12,16-20H,3,5,7-11H2,1-2H3/t16-,17+,18+,19-,20-,21-/m0/s1. The zero-order chi connectivity index (χ0) is 16.9. The zero-order valence-electron chi connectivity index (χ0n) is 14.8. The minimum Gasteiger partial charge on any atom is -0.462 e. The summed E-state index contributed by atoms with van der Waals surface area (Å²) in [6.45, 7) is 3.81. The Morgan fingerprint density at radius 2 is 2.12 bits per heavy atom. The molecule has 3 heteroatoms. The maximum atomic E-state index is 11.7. The van der Waals surface area contributed by atoms with E-state index in [2.05, 4.69) is 19.1 Å². The molecule has 2 saturated carbocycles. The largest absolute Gasteiger partial charge is 0.462 e. The topological polar surface area (TPSA) is 43.4 Å². The number of rotatable bonds is 2. The lowest BCUT2D eigenvalue weighted by atomic mass is 9.53. The minimum atomic E-state index is -0.134. The van der Waals surface area contributed by atoms with Gasteiger partial charge < -0.3 is 4.74 Å². The summed E-state index contributed by atoms with van der Waals surface area (Å²) in [5, 5.41) is 0. The van der Waals surface area contributed by atoms with Crippen LogP contribution in [0.4, 0.5) is 0 Å². The Morgan fingerprint density at radius 1 is 1.29 bits per heavy atom. The van der Waals surface area contributed by atoms with Gasteiger partial charge in [0.15, 0.2) is 5.78 Å². The van der Waals surface area contributed by atoms with Gasteiger partial charge in [0.2, 0.25) is 0 Å². The number of allylic oxidation sites excluding steroid dienone is 4. The van der Waals surface area contributed by atoms with Crippen LogP contribution >= 0.6 is 0 Å². The number of esters is 1. The summed E-state index contributed by atoms with van der Waals surface area (Å²) in [6.07, 6.45) is 14.0. The van der Waals surface area contributed by atoms with Gasteiger partial charge in [0.05, 0.1) is 0 Å². The van der Waals surface area contributed by atoms with Gasteiger partial charge in [-0.05, 0) is 73.8 Å². The number of fused-ring (bicyclic) bond motifs is 5. The van der Waals surface area contributed by atoms with Gasteiger partial charge in [0.25, 0.3) is 0 Å². The Bertz CT molecular complexity index is 617. The van der Waals surface area contributed by atoms with Gasteiger partial charge in [-0.3, -0.25) is 9.59 Å². The highest BCUT2D eigenvalue weighted by Crippen LogP contribution is 2.62. The number of hydrogen-bond acceptors (Lipinski definition) is 3. The second-order valence-corrected chi connectivity index (χ2v) is 8.26. The highest BCUT2D eigenvalue weighted by atomic mass is 16.5. The molecule has 24 heavy (non-hydrogen) atoms. The van der Waals surface area contributed by atoms with E-state index in [1.165, 1.54) is 24.8 Å². The third kappa shape index (κ3) is 2.31. The molecule has 4 aliphatic carbocycles. The predicted molar refractivity (Wildman–Crippen MR) is 92.2 cm³/mol. The predicted octanol–water partition coefficient (Wildman–Crippen LogP) is 4.23.